The van der Waals surface area contributed by atoms with Gasteiger partial charge in [-0.1, -0.05) is 78.9 Å². The van der Waals surface area contributed by atoms with Crippen LogP contribution in [0, 0.1) is 11.3 Å². The molecule has 0 amide bonds. The number of hydrogen-bond acceptors (Lipinski definition) is 3. The average molecular weight is 385 g/mol. The molecule has 0 saturated heterocycles. The van der Waals surface area contributed by atoms with Crippen LogP contribution in [0.25, 0.3) is 24.3 Å². The highest BCUT2D eigenvalue weighted by molar-refractivity contribution is 7.90. The van der Waals surface area contributed by atoms with Gasteiger partial charge in [0.05, 0.1) is 16.5 Å². The summed E-state index contributed by atoms with van der Waals surface area (Å²) in [4.78, 5) is 0.318. The summed E-state index contributed by atoms with van der Waals surface area (Å²) in [6, 6.07) is 24.5. The van der Waals surface area contributed by atoms with E-state index >= 15 is 0 Å². The van der Waals surface area contributed by atoms with E-state index in [1.165, 1.54) is 6.26 Å². The summed E-state index contributed by atoms with van der Waals surface area (Å²) in [7, 11) is -3.17. The van der Waals surface area contributed by atoms with Crippen LogP contribution in [0.3, 0.4) is 0 Å². The molecule has 3 aromatic rings. The second-order valence-electron chi connectivity index (χ2n) is 6.37. The third kappa shape index (κ3) is 5.06. The van der Waals surface area contributed by atoms with E-state index in [0.717, 1.165) is 22.3 Å². The Balaban J connectivity index is 1.70. The van der Waals surface area contributed by atoms with Crippen LogP contribution in [0.15, 0.2) is 77.7 Å². The maximum absolute atomic E-state index is 11.5. The summed E-state index contributed by atoms with van der Waals surface area (Å²) in [6.07, 6.45) is 9.04. The van der Waals surface area contributed by atoms with E-state index in [1.54, 1.807) is 30.3 Å². The van der Waals surface area contributed by atoms with Gasteiger partial charge in [-0.15, -0.1) is 0 Å². The van der Waals surface area contributed by atoms with Crippen LogP contribution in [0.2, 0.25) is 0 Å². The van der Waals surface area contributed by atoms with E-state index in [4.69, 9.17) is 5.26 Å². The SMILES string of the molecule is CS(=O)(=O)c1ccc(/C=C/c2ccc(/C=C/c3ccccc3C#N)cc2)cc1. The number of sulfone groups is 1. The van der Waals surface area contributed by atoms with Gasteiger partial charge in [-0.3, -0.25) is 0 Å². The van der Waals surface area contributed by atoms with Crippen molar-refractivity contribution in [3.63, 3.8) is 0 Å². The molecule has 0 unspecified atom stereocenters. The second kappa shape index (κ2) is 8.51. The van der Waals surface area contributed by atoms with Gasteiger partial charge in [-0.2, -0.15) is 5.26 Å². The minimum absolute atomic E-state index is 0.318. The van der Waals surface area contributed by atoms with Gasteiger partial charge < -0.3 is 0 Å². The molecule has 0 N–H and O–H groups in total. The molecule has 0 radical (unpaired) electrons. The van der Waals surface area contributed by atoms with Crippen molar-refractivity contribution < 1.29 is 8.42 Å². The lowest BCUT2D eigenvalue weighted by Gasteiger charge is -2.00. The van der Waals surface area contributed by atoms with Crippen molar-refractivity contribution in [2.24, 2.45) is 0 Å². The highest BCUT2D eigenvalue weighted by atomic mass is 32.2. The molecule has 0 aliphatic carbocycles. The third-order valence-electron chi connectivity index (χ3n) is 4.25. The number of hydrogen-bond donors (Lipinski definition) is 0. The van der Waals surface area contributed by atoms with E-state index in [0.29, 0.717) is 10.5 Å². The van der Waals surface area contributed by atoms with Crippen molar-refractivity contribution in [3.8, 4) is 6.07 Å². The maximum Gasteiger partial charge on any atom is 0.175 e. The van der Waals surface area contributed by atoms with Gasteiger partial charge in [0.1, 0.15) is 0 Å². The molecule has 0 bridgehead atoms. The molecule has 138 valence electrons. The van der Waals surface area contributed by atoms with E-state index in [1.807, 2.05) is 66.8 Å². The molecule has 0 atom stereocenters. The zero-order valence-electron chi connectivity index (χ0n) is 15.4. The molecule has 28 heavy (non-hydrogen) atoms. The van der Waals surface area contributed by atoms with Crippen LogP contribution >= 0.6 is 0 Å². The Kier molecular flexibility index (Phi) is 5.88. The molecule has 3 rings (SSSR count). The minimum atomic E-state index is -3.17. The van der Waals surface area contributed by atoms with Crippen molar-refractivity contribution in [1.29, 1.82) is 5.26 Å². The molecule has 4 heteroatoms. The highest BCUT2D eigenvalue weighted by Gasteiger charge is 2.05. The summed E-state index contributed by atoms with van der Waals surface area (Å²) >= 11 is 0. The zero-order chi connectivity index (χ0) is 20.0. The summed E-state index contributed by atoms with van der Waals surface area (Å²) in [5, 5.41) is 9.14. The molecule has 3 nitrogen and oxygen atoms in total. The summed E-state index contributed by atoms with van der Waals surface area (Å²) < 4.78 is 23.0. The van der Waals surface area contributed by atoms with Gasteiger partial charge in [0.2, 0.25) is 0 Å². The van der Waals surface area contributed by atoms with Gasteiger partial charge in [0.15, 0.2) is 9.84 Å². The Morgan fingerprint density at radius 1 is 0.714 bits per heavy atom. The highest BCUT2D eigenvalue weighted by Crippen LogP contribution is 2.16. The largest absolute Gasteiger partial charge is 0.224 e. The fourth-order valence-corrected chi connectivity index (χ4v) is 3.30. The summed E-state index contributed by atoms with van der Waals surface area (Å²) in [5.41, 5.74) is 4.57. The first-order valence-corrected chi connectivity index (χ1v) is 10.6. The van der Waals surface area contributed by atoms with Crippen molar-refractivity contribution in [2.45, 2.75) is 4.90 Å². The first-order valence-electron chi connectivity index (χ1n) is 8.71. The molecule has 0 aliphatic heterocycles. The number of benzene rings is 3. The Bertz CT molecular complexity index is 1160. The van der Waals surface area contributed by atoms with Gasteiger partial charge in [0.25, 0.3) is 0 Å². The topological polar surface area (TPSA) is 57.9 Å². The Hall–Kier alpha value is -3.42. The van der Waals surface area contributed by atoms with Crippen molar-refractivity contribution in [1.82, 2.24) is 0 Å². The smallest absolute Gasteiger partial charge is 0.175 e. The molecule has 0 heterocycles. The zero-order valence-corrected chi connectivity index (χ0v) is 16.2. The minimum Gasteiger partial charge on any atom is -0.224 e. The first-order chi connectivity index (χ1) is 13.5. The van der Waals surface area contributed by atoms with E-state index in [9.17, 15) is 8.42 Å². The number of nitriles is 1. The number of nitrogens with zero attached hydrogens (tertiary/aromatic N) is 1. The van der Waals surface area contributed by atoms with Gasteiger partial charge in [-0.25, -0.2) is 8.42 Å². The fraction of sp³-hybridized carbons (Fsp3) is 0.0417. The van der Waals surface area contributed by atoms with Crippen molar-refractivity contribution in [2.75, 3.05) is 6.26 Å². The molecule has 0 aromatic heterocycles. The van der Waals surface area contributed by atoms with Gasteiger partial charge in [-0.05, 0) is 40.5 Å². The third-order valence-corrected chi connectivity index (χ3v) is 5.38. The summed E-state index contributed by atoms with van der Waals surface area (Å²) in [6.45, 7) is 0. The maximum atomic E-state index is 11.5. The number of rotatable bonds is 5. The lowest BCUT2D eigenvalue weighted by Crippen LogP contribution is -1.95. The fourth-order valence-electron chi connectivity index (χ4n) is 2.67. The molecular weight excluding hydrogens is 366 g/mol. The van der Waals surface area contributed by atoms with E-state index in [2.05, 4.69) is 6.07 Å². The predicted molar refractivity (Wildman–Crippen MR) is 115 cm³/mol. The molecular formula is C24H19NO2S. The van der Waals surface area contributed by atoms with Gasteiger partial charge >= 0.3 is 0 Å². The van der Waals surface area contributed by atoms with Crippen molar-refractivity contribution >= 4 is 34.1 Å². The van der Waals surface area contributed by atoms with Crippen molar-refractivity contribution in [3.05, 3.63) is 101 Å². The van der Waals surface area contributed by atoms with Crippen LogP contribution in [0.4, 0.5) is 0 Å². The van der Waals surface area contributed by atoms with E-state index in [-0.39, 0.29) is 0 Å². The standard InChI is InChI=1S/C24H19NO2S/c1-28(26,27)24-16-13-21(14-17-24)11-8-19-6-9-20(10-7-19)12-15-22-4-2-3-5-23(22)18-25/h2-17H,1H3/b11-8+,15-12+. The summed E-state index contributed by atoms with van der Waals surface area (Å²) in [5.74, 6) is 0. The Labute approximate surface area is 165 Å². The Morgan fingerprint density at radius 3 is 1.68 bits per heavy atom. The second-order valence-corrected chi connectivity index (χ2v) is 8.39. The molecule has 0 saturated carbocycles. The van der Waals surface area contributed by atoms with Crippen LogP contribution < -0.4 is 0 Å². The normalized spacial score (nSPS) is 11.7. The van der Waals surface area contributed by atoms with Gasteiger partial charge in [0, 0.05) is 6.26 Å². The monoisotopic (exact) mass is 385 g/mol. The van der Waals surface area contributed by atoms with Crippen LogP contribution in [0.1, 0.15) is 27.8 Å². The molecule has 0 spiro atoms. The van der Waals surface area contributed by atoms with Crippen LogP contribution in [0.5, 0.6) is 0 Å². The molecule has 0 fully saturated rings. The van der Waals surface area contributed by atoms with Crippen LogP contribution in [-0.4, -0.2) is 14.7 Å². The Morgan fingerprint density at radius 2 is 1.18 bits per heavy atom. The molecule has 0 aliphatic rings. The lowest BCUT2D eigenvalue weighted by atomic mass is 10.1. The first kappa shape index (κ1) is 19.3. The molecule has 3 aromatic carbocycles. The predicted octanol–water partition coefficient (Wildman–Crippen LogP) is 5.30. The quantitative estimate of drug-likeness (QED) is 0.560. The lowest BCUT2D eigenvalue weighted by molar-refractivity contribution is 0.602. The average Bonchev–Trinajstić information content (AvgIpc) is 2.71. The van der Waals surface area contributed by atoms with E-state index < -0.39 is 9.84 Å². The van der Waals surface area contributed by atoms with Crippen LogP contribution in [-0.2, 0) is 9.84 Å².